The molecule has 0 spiro atoms. The number of rotatable bonds is 8. The van der Waals surface area contributed by atoms with Crippen molar-refractivity contribution < 1.29 is 14.3 Å². The Labute approximate surface area is 140 Å². The summed E-state index contributed by atoms with van der Waals surface area (Å²) in [6.07, 6.45) is 7.43. The van der Waals surface area contributed by atoms with Crippen molar-refractivity contribution in [2.45, 2.75) is 45.6 Å². The molecule has 0 N–H and O–H groups in total. The van der Waals surface area contributed by atoms with Gasteiger partial charge in [0.1, 0.15) is 5.41 Å². The first-order chi connectivity index (χ1) is 11.1. The van der Waals surface area contributed by atoms with Crippen LogP contribution in [0, 0.1) is 10.8 Å². The molecular formula is C19H31NO3. The Morgan fingerprint density at radius 3 is 2.65 bits per heavy atom. The highest BCUT2D eigenvalue weighted by Crippen LogP contribution is 2.55. The first-order valence-electron chi connectivity index (χ1n) is 8.81. The van der Waals surface area contributed by atoms with E-state index in [4.69, 9.17) is 9.47 Å². The van der Waals surface area contributed by atoms with Crippen LogP contribution in [0.25, 0.3) is 0 Å². The molecule has 1 unspecified atom stereocenters. The number of carbonyl (C=O) groups is 1. The van der Waals surface area contributed by atoms with Crippen LogP contribution in [-0.4, -0.2) is 49.8 Å². The average Bonchev–Trinajstić information content (AvgIpc) is 2.52. The predicted octanol–water partition coefficient (Wildman–Crippen LogP) is 3.19. The van der Waals surface area contributed by atoms with E-state index in [1.807, 2.05) is 13.0 Å². The highest BCUT2D eigenvalue weighted by molar-refractivity contribution is 5.78. The molecule has 130 valence electrons. The van der Waals surface area contributed by atoms with Gasteiger partial charge in [-0.05, 0) is 32.7 Å². The van der Waals surface area contributed by atoms with Crippen LogP contribution in [0.3, 0.4) is 0 Å². The van der Waals surface area contributed by atoms with Crippen molar-refractivity contribution in [2.75, 3.05) is 32.8 Å². The Balaban J connectivity index is 2.45. The van der Waals surface area contributed by atoms with Crippen molar-refractivity contribution in [3.8, 4) is 0 Å². The van der Waals surface area contributed by atoms with Crippen molar-refractivity contribution in [3.63, 3.8) is 0 Å². The summed E-state index contributed by atoms with van der Waals surface area (Å²) in [5.41, 5.74) is -0.613. The topological polar surface area (TPSA) is 38.8 Å². The molecule has 1 aliphatic heterocycles. The maximum atomic E-state index is 12.9. The van der Waals surface area contributed by atoms with Crippen LogP contribution in [0.1, 0.15) is 39.5 Å². The van der Waals surface area contributed by atoms with Gasteiger partial charge >= 0.3 is 5.97 Å². The number of ether oxygens (including phenoxy) is 2. The maximum Gasteiger partial charge on any atom is 0.316 e. The third-order valence-corrected chi connectivity index (χ3v) is 5.46. The van der Waals surface area contributed by atoms with E-state index < -0.39 is 5.41 Å². The van der Waals surface area contributed by atoms with Gasteiger partial charge in [-0.1, -0.05) is 25.5 Å². The highest BCUT2D eigenvalue weighted by atomic mass is 16.5. The van der Waals surface area contributed by atoms with E-state index in [2.05, 4.69) is 25.0 Å². The van der Waals surface area contributed by atoms with Crippen LogP contribution >= 0.6 is 0 Å². The number of fused-ring (bicyclic) bond motifs is 2. The average molecular weight is 321 g/mol. The maximum absolute atomic E-state index is 12.9. The molecule has 0 aromatic heterocycles. The summed E-state index contributed by atoms with van der Waals surface area (Å²) in [7, 11) is 0. The van der Waals surface area contributed by atoms with Gasteiger partial charge in [-0.3, -0.25) is 4.79 Å². The third kappa shape index (κ3) is 3.24. The van der Waals surface area contributed by atoms with E-state index in [0.717, 1.165) is 45.3 Å². The Bertz CT molecular complexity index is 450. The highest BCUT2D eigenvalue weighted by Gasteiger charge is 2.62. The summed E-state index contributed by atoms with van der Waals surface area (Å²) in [4.78, 5) is 15.3. The van der Waals surface area contributed by atoms with Crippen molar-refractivity contribution in [1.82, 2.24) is 4.90 Å². The summed E-state index contributed by atoms with van der Waals surface area (Å²) in [6, 6.07) is 0. The van der Waals surface area contributed by atoms with Gasteiger partial charge in [-0.2, -0.15) is 0 Å². The Kier molecular flexibility index (Phi) is 6.04. The monoisotopic (exact) mass is 321 g/mol. The van der Waals surface area contributed by atoms with Crippen LogP contribution in [-0.2, 0) is 14.3 Å². The largest absolute Gasteiger partial charge is 0.465 e. The number of allylic oxidation sites excluding steroid dienone is 1. The molecule has 1 heterocycles. The zero-order valence-electron chi connectivity index (χ0n) is 14.7. The zero-order chi connectivity index (χ0) is 16.9. The SMILES string of the molecule is C=CCOC1[C@]2(CC=C)CCC[C@@]1(C(=O)OCC)CN(CC)C2. The second kappa shape index (κ2) is 7.63. The minimum absolute atomic E-state index is 0.0516. The van der Waals surface area contributed by atoms with Crippen LogP contribution in [0.2, 0.25) is 0 Å². The minimum Gasteiger partial charge on any atom is -0.465 e. The summed E-state index contributed by atoms with van der Waals surface area (Å²) < 4.78 is 11.7. The molecule has 3 atom stereocenters. The van der Waals surface area contributed by atoms with Crippen LogP contribution < -0.4 is 0 Å². The standard InChI is InChI=1S/C19H31NO3/c1-5-10-18-11-9-12-19(17(21)22-8-4,15-20(7-3)14-18)16(18)23-13-6-2/h5-6,16H,1-2,7-15H2,3-4H3/t16?,18-,19-/m1/s1. The molecule has 1 saturated heterocycles. The lowest BCUT2D eigenvalue weighted by molar-refractivity contribution is -0.210. The molecule has 4 nitrogen and oxygen atoms in total. The molecule has 4 heteroatoms. The second-order valence-electron chi connectivity index (χ2n) is 6.89. The number of hydrogen-bond acceptors (Lipinski definition) is 4. The van der Waals surface area contributed by atoms with Gasteiger partial charge < -0.3 is 14.4 Å². The van der Waals surface area contributed by atoms with Gasteiger partial charge in [0.05, 0.1) is 19.3 Å². The second-order valence-corrected chi connectivity index (χ2v) is 6.89. The van der Waals surface area contributed by atoms with E-state index >= 15 is 0 Å². The van der Waals surface area contributed by atoms with Gasteiger partial charge in [0, 0.05) is 18.5 Å². The van der Waals surface area contributed by atoms with Gasteiger partial charge in [0.25, 0.3) is 0 Å². The normalized spacial score (nSPS) is 33.9. The molecule has 1 saturated carbocycles. The van der Waals surface area contributed by atoms with Crippen LogP contribution in [0.4, 0.5) is 0 Å². The zero-order valence-corrected chi connectivity index (χ0v) is 14.7. The Hall–Kier alpha value is -1.13. The fourth-order valence-corrected chi connectivity index (χ4v) is 4.66. The van der Waals surface area contributed by atoms with E-state index in [9.17, 15) is 4.79 Å². The van der Waals surface area contributed by atoms with Gasteiger partial charge in [-0.25, -0.2) is 0 Å². The molecule has 23 heavy (non-hydrogen) atoms. The number of likely N-dealkylation sites (tertiary alicyclic amines) is 1. The smallest absolute Gasteiger partial charge is 0.316 e. The molecular weight excluding hydrogens is 290 g/mol. The van der Waals surface area contributed by atoms with Gasteiger partial charge in [0.15, 0.2) is 0 Å². The lowest BCUT2D eigenvalue weighted by Crippen LogP contribution is -2.68. The minimum atomic E-state index is -0.561. The summed E-state index contributed by atoms with van der Waals surface area (Å²) in [5, 5.41) is 0. The van der Waals surface area contributed by atoms with Crippen LogP contribution in [0.15, 0.2) is 25.3 Å². The van der Waals surface area contributed by atoms with Crippen molar-refractivity contribution in [3.05, 3.63) is 25.3 Å². The van der Waals surface area contributed by atoms with Gasteiger partial charge in [-0.15, -0.1) is 13.2 Å². The first kappa shape index (κ1) is 18.2. The fraction of sp³-hybridized carbons (Fsp3) is 0.737. The molecule has 2 fully saturated rings. The number of piperidine rings is 1. The molecule has 0 amide bonds. The molecule has 2 bridgehead atoms. The van der Waals surface area contributed by atoms with Crippen molar-refractivity contribution >= 4 is 5.97 Å². The summed E-state index contributed by atoms with van der Waals surface area (Å²) in [6.45, 7) is 15.3. The lowest BCUT2D eigenvalue weighted by Gasteiger charge is -2.59. The molecule has 0 aromatic rings. The number of nitrogens with zero attached hydrogens (tertiary/aromatic N) is 1. The van der Waals surface area contributed by atoms with E-state index in [1.54, 1.807) is 6.08 Å². The fourth-order valence-electron chi connectivity index (χ4n) is 4.66. The number of esters is 1. The van der Waals surface area contributed by atoms with Crippen molar-refractivity contribution in [2.24, 2.45) is 10.8 Å². The van der Waals surface area contributed by atoms with E-state index in [1.165, 1.54) is 0 Å². The lowest BCUT2D eigenvalue weighted by atomic mass is 9.55. The number of carbonyl (C=O) groups excluding carboxylic acids is 1. The van der Waals surface area contributed by atoms with Gasteiger partial charge in [0.2, 0.25) is 0 Å². The van der Waals surface area contributed by atoms with Crippen molar-refractivity contribution in [1.29, 1.82) is 0 Å². The molecule has 1 aliphatic carbocycles. The molecule has 0 radical (unpaired) electrons. The molecule has 2 rings (SSSR count). The Morgan fingerprint density at radius 1 is 1.26 bits per heavy atom. The summed E-state index contributed by atoms with van der Waals surface area (Å²) in [5.74, 6) is -0.0969. The van der Waals surface area contributed by atoms with E-state index in [0.29, 0.717) is 13.2 Å². The third-order valence-electron chi connectivity index (χ3n) is 5.46. The quantitative estimate of drug-likeness (QED) is 0.508. The number of hydrogen-bond donors (Lipinski definition) is 0. The van der Waals surface area contributed by atoms with E-state index in [-0.39, 0.29) is 17.5 Å². The first-order valence-corrected chi connectivity index (χ1v) is 8.81. The predicted molar refractivity (Wildman–Crippen MR) is 92.2 cm³/mol. The Morgan fingerprint density at radius 2 is 2.04 bits per heavy atom. The molecule has 0 aromatic carbocycles. The molecule has 2 aliphatic rings. The summed E-state index contributed by atoms with van der Waals surface area (Å²) >= 11 is 0. The van der Waals surface area contributed by atoms with Crippen LogP contribution in [0.5, 0.6) is 0 Å².